The summed E-state index contributed by atoms with van der Waals surface area (Å²) in [6.07, 6.45) is 11.9. The number of carbonyl (C=O) groups excluding carboxylic acids is 1. The second-order valence-corrected chi connectivity index (χ2v) is 6.16. The first kappa shape index (κ1) is 17.1. The highest BCUT2D eigenvalue weighted by atomic mass is 16.1. The van der Waals surface area contributed by atoms with Crippen LogP contribution in [0.15, 0.2) is 30.5 Å². The fraction of sp³-hybridized carbons (Fsp3) is 0.350. The van der Waals surface area contributed by atoms with Gasteiger partial charge in [0.15, 0.2) is 0 Å². The zero-order valence-electron chi connectivity index (χ0n) is 14.2. The number of hydrogen-bond acceptors (Lipinski definition) is 4. The van der Waals surface area contributed by atoms with Gasteiger partial charge in [-0.15, -0.1) is 6.42 Å². The highest BCUT2D eigenvalue weighted by molar-refractivity contribution is 5.91. The average molecular weight is 334 g/mol. The van der Waals surface area contributed by atoms with Gasteiger partial charge in [-0.2, -0.15) is 10.2 Å². The molecule has 0 saturated heterocycles. The SMILES string of the molecule is C#CCNCCC(=O)Nc1cccc(-c2nncc3c2CCCC3)c1. The summed E-state index contributed by atoms with van der Waals surface area (Å²) in [5.41, 5.74) is 5.29. The first-order valence-electron chi connectivity index (χ1n) is 8.66. The summed E-state index contributed by atoms with van der Waals surface area (Å²) in [5, 5.41) is 14.5. The molecule has 1 aliphatic rings. The van der Waals surface area contributed by atoms with Crippen LogP contribution >= 0.6 is 0 Å². The van der Waals surface area contributed by atoms with Crippen molar-refractivity contribution in [2.45, 2.75) is 32.1 Å². The molecular formula is C20H22N4O. The van der Waals surface area contributed by atoms with Gasteiger partial charge in [0.1, 0.15) is 0 Å². The molecule has 3 rings (SSSR count). The van der Waals surface area contributed by atoms with Crippen molar-refractivity contribution in [1.82, 2.24) is 15.5 Å². The molecule has 1 heterocycles. The number of anilines is 1. The van der Waals surface area contributed by atoms with Gasteiger partial charge in [0.05, 0.1) is 18.4 Å². The fourth-order valence-electron chi connectivity index (χ4n) is 3.12. The van der Waals surface area contributed by atoms with Gasteiger partial charge in [-0.1, -0.05) is 18.1 Å². The van der Waals surface area contributed by atoms with E-state index in [1.54, 1.807) is 0 Å². The van der Waals surface area contributed by atoms with E-state index in [2.05, 4.69) is 26.8 Å². The maximum Gasteiger partial charge on any atom is 0.225 e. The molecule has 0 bridgehead atoms. The van der Waals surface area contributed by atoms with Gasteiger partial charge in [0, 0.05) is 24.2 Å². The Hall–Kier alpha value is -2.71. The lowest BCUT2D eigenvalue weighted by atomic mass is 9.90. The predicted octanol–water partition coefficient (Wildman–Crippen LogP) is 2.57. The van der Waals surface area contributed by atoms with Crippen LogP contribution in [0, 0.1) is 12.3 Å². The third-order valence-corrected chi connectivity index (χ3v) is 4.34. The molecular weight excluding hydrogens is 312 g/mol. The summed E-state index contributed by atoms with van der Waals surface area (Å²) in [4.78, 5) is 12.0. The van der Waals surface area contributed by atoms with E-state index in [-0.39, 0.29) is 5.91 Å². The number of rotatable bonds is 6. The van der Waals surface area contributed by atoms with Crippen LogP contribution in [0.2, 0.25) is 0 Å². The molecule has 128 valence electrons. The molecule has 0 saturated carbocycles. The Morgan fingerprint density at radius 1 is 1.28 bits per heavy atom. The number of aromatic nitrogens is 2. The smallest absolute Gasteiger partial charge is 0.225 e. The Morgan fingerprint density at radius 3 is 3.04 bits per heavy atom. The average Bonchev–Trinajstić information content (AvgIpc) is 2.65. The summed E-state index contributed by atoms with van der Waals surface area (Å²) >= 11 is 0. The molecule has 25 heavy (non-hydrogen) atoms. The Bertz CT molecular complexity index is 795. The summed E-state index contributed by atoms with van der Waals surface area (Å²) in [6.45, 7) is 1.04. The van der Waals surface area contributed by atoms with Crippen LogP contribution in [0.25, 0.3) is 11.3 Å². The van der Waals surface area contributed by atoms with Crippen LogP contribution in [0.5, 0.6) is 0 Å². The number of benzene rings is 1. The van der Waals surface area contributed by atoms with Crippen molar-refractivity contribution in [3.63, 3.8) is 0 Å². The van der Waals surface area contributed by atoms with Crippen LogP contribution in [0.4, 0.5) is 5.69 Å². The molecule has 2 aromatic rings. The van der Waals surface area contributed by atoms with Crippen molar-refractivity contribution in [2.24, 2.45) is 0 Å². The number of amides is 1. The van der Waals surface area contributed by atoms with Crippen LogP contribution in [0.3, 0.4) is 0 Å². The highest BCUT2D eigenvalue weighted by Gasteiger charge is 2.16. The van der Waals surface area contributed by atoms with Crippen LogP contribution < -0.4 is 10.6 Å². The van der Waals surface area contributed by atoms with Gasteiger partial charge in [-0.3, -0.25) is 4.79 Å². The van der Waals surface area contributed by atoms with Gasteiger partial charge in [-0.25, -0.2) is 0 Å². The second-order valence-electron chi connectivity index (χ2n) is 6.16. The molecule has 5 nitrogen and oxygen atoms in total. The molecule has 0 spiro atoms. The standard InChI is InChI=1S/C20H22N4O/c1-2-11-21-12-10-19(25)23-17-8-5-7-15(13-17)20-18-9-4-3-6-16(18)14-22-24-20/h1,5,7-8,13-14,21H,3-4,6,9-12H2,(H,23,25). The number of aryl methyl sites for hydroxylation is 1. The van der Waals surface area contributed by atoms with Crippen LogP contribution in [-0.4, -0.2) is 29.2 Å². The first-order valence-corrected chi connectivity index (χ1v) is 8.66. The summed E-state index contributed by atoms with van der Waals surface area (Å²) < 4.78 is 0. The number of terminal acetylenes is 1. The number of nitrogens with one attached hydrogen (secondary N) is 2. The molecule has 1 aromatic carbocycles. The van der Waals surface area contributed by atoms with Gasteiger partial charge in [0.2, 0.25) is 5.91 Å². The Labute approximate surface area is 148 Å². The molecule has 1 aromatic heterocycles. The van der Waals surface area contributed by atoms with E-state index in [4.69, 9.17) is 6.42 Å². The zero-order chi connectivity index (χ0) is 17.5. The third-order valence-electron chi connectivity index (χ3n) is 4.34. The van der Waals surface area contributed by atoms with Gasteiger partial charge in [-0.05, 0) is 48.9 Å². The lowest BCUT2D eigenvalue weighted by molar-refractivity contribution is -0.116. The van der Waals surface area contributed by atoms with E-state index >= 15 is 0 Å². The summed E-state index contributed by atoms with van der Waals surface area (Å²) in [6, 6.07) is 7.80. The Kier molecular flexibility index (Phi) is 5.76. The zero-order valence-corrected chi connectivity index (χ0v) is 14.2. The fourth-order valence-corrected chi connectivity index (χ4v) is 3.12. The summed E-state index contributed by atoms with van der Waals surface area (Å²) in [5.74, 6) is 2.45. The van der Waals surface area contributed by atoms with E-state index in [1.807, 2.05) is 30.5 Å². The predicted molar refractivity (Wildman–Crippen MR) is 99.1 cm³/mol. The van der Waals surface area contributed by atoms with E-state index in [1.165, 1.54) is 24.0 Å². The molecule has 0 atom stereocenters. The van der Waals surface area contributed by atoms with Gasteiger partial charge >= 0.3 is 0 Å². The third kappa shape index (κ3) is 4.43. The maximum absolute atomic E-state index is 12.0. The quantitative estimate of drug-likeness (QED) is 0.629. The minimum atomic E-state index is -0.0390. The van der Waals surface area contributed by atoms with Crippen molar-refractivity contribution in [2.75, 3.05) is 18.4 Å². The van der Waals surface area contributed by atoms with Crippen LogP contribution in [-0.2, 0) is 17.6 Å². The molecule has 0 radical (unpaired) electrons. The molecule has 1 aliphatic carbocycles. The monoisotopic (exact) mass is 334 g/mol. The number of fused-ring (bicyclic) bond motifs is 1. The Morgan fingerprint density at radius 2 is 2.16 bits per heavy atom. The summed E-state index contributed by atoms with van der Waals surface area (Å²) in [7, 11) is 0. The van der Waals surface area contributed by atoms with Gasteiger partial charge < -0.3 is 10.6 Å². The van der Waals surface area contributed by atoms with Crippen molar-refractivity contribution < 1.29 is 4.79 Å². The lowest BCUT2D eigenvalue weighted by Gasteiger charge is -2.18. The topological polar surface area (TPSA) is 66.9 Å². The molecule has 1 amide bonds. The minimum absolute atomic E-state index is 0.0390. The van der Waals surface area contributed by atoms with Crippen molar-refractivity contribution >= 4 is 11.6 Å². The molecule has 0 fully saturated rings. The molecule has 0 unspecified atom stereocenters. The molecule has 2 N–H and O–H groups in total. The van der Waals surface area contributed by atoms with E-state index in [0.717, 1.165) is 29.8 Å². The first-order chi connectivity index (χ1) is 12.3. The normalized spacial score (nSPS) is 12.9. The van der Waals surface area contributed by atoms with E-state index in [9.17, 15) is 4.79 Å². The lowest BCUT2D eigenvalue weighted by Crippen LogP contribution is -2.21. The second kappa shape index (κ2) is 8.41. The van der Waals surface area contributed by atoms with E-state index in [0.29, 0.717) is 19.5 Å². The number of carbonyl (C=O) groups is 1. The van der Waals surface area contributed by atoms with Crippen molar-refractivity contribution in [1.29, 1.82) is 0 Å². The Balaban J connectivity index is 1.72. The van der Waals surface area contributed by atoms with Crippen LogP contribution in [0.1, 0.15) is 30.4 Å². The van der Waals surface area contributed by atoms with Crippen molar-refractivity contribution in [3.05, 3.63) is 41.6 Å². The molecule has 5 heteroatoms. The van der Waals surface area contributed by atoms with Gasteiger partial charge in [0.25, 0.3) is 0 Å². The minimum Gasteiger partial charge on any atom is -0.326 e. The number of nitrogens with zero attached hydrogens (tertiary/aromatic N) is 2. The maximum atomic E-state index is 12.0. The van der Waals surface area contributed by atoms with Crippen molar-refractivity contribution in [3.8, 4) is 23.6 Å². The van der Waals surface area contributed by atoms with E-state index < -0.39 is 0 Å². The highest BCUT2D eigenvalue weighted by Crippen LogP contribution is 2.30. The largest absolute Gasteiger partial charge is 0.326 e. The molecule has 0 aliphatic heterocycles. The number of hydrogen-bond donors (Lipinski definition) is 2.